The van der Waals surface area contributed by atoms with E-state index in [9.17, 15) is 21.6 Å². The minimum atomic E-state index is -3.77. The molecule has 0 spiro atoms. The molecule has 1 amide bonds. The van der Waals surface area contributed by atoms with Gasteiger partial charge in [0, 0.05) is 14.1 Å². The van der Waals surface area contributed by atoms with Crippen LogP contribution in [-0.4, -0.2) is 51.9 Å². The Morgan fingerprint density at radius 2 is 1.71 bits per heavy atom. The average molecular weight is 440 g/mol. The predicted molar refractivity (Wildman–Crippen MR) is 108 cm³/mol. The lowest BCUT2D eigenvalue weighted by molar-refractivity contribution is -0.113. The van der Waals surface area contributed by atoms with E-state index in [2.05, 4.69) is 10.3 Å². The van der Waals surface area contributed by atoms with Gasteiger partial charge in [0.1, 0.15) is 5.75 Å². The topological polar surface area (TPSA) is 114 Å². The zero-order valence-corrected chi connectivity index (χ0v) is 17.4. The van der Waals surface area contributed by atoms with E-state index in [0.29, 0.717) is 10.2 Å². The fourth-order valence-electron chi connectivity index (χ4n) is 2.37. The van der Waals surface area contributed by atoms with Crippen molar-refractivity contribution in [3.05, 3.63) is 48.5 Å². The molecule has 8 nitrogen and oxygen atoms in total. The van der Waals surface area contributed by atoms with E-state index in [1.165, 1.54) is 38.4 Å². The number of carbonyl (C=O) groups is 1. The number of sulfonamides is 1. The molecule has 0 atom stereocenters. The SMILES string of the molecule is CN(C)S(=O)(=O)c1ccc2nc(NC(=O)CS(=O)(=O)c3ccccc3)sc2c1. The van der Waals surface area contributed by atoms with E-state index < -0.39 is 31.5 Å². The molecule has 1 aromatic heterocycles. The first-order valence-corrected chi connectivity index (χ1v) is 11.9. The third-order valence-corrected chi connectivity index (χ3v) is 8.19. The molecule has 0 saturated heterocycles. The number of nitrogens with zero attached hydrogens (tertiary/aromatic N) is 2. The van der Waals surface area contributed by atoms with Crippen LogP contribution in [0.5, 0.6) is 0 Å². The average Bonchev–Trinajstić information content (AvgIpc) is 3.02. The molecule has 0 aliphatic rings. The third-order valence-electron chi connectivity index (χ3n) is 3.81. The van der Waals surface area contributed by atoms with Crippen molar-refractivity contribution in [3.63, 3.8) is 0 Å². The molecule has 3 rings (SSSR count). The van der Waals surface area contributed by atoms with Gasteiger partial charge >= 0.3 is 0 Å². The summed E-state index contributed by atoms with van der Waals surface area (Å²) in [6.07, 6.45) is 0. The molecule has 0 aliphatic heterocycles. The Labute approximate surface area is 166 Å². The van der Waals surface area contributed by atoms with Gasteiger partial charge in [0.25, 0.3) is 0 Å². The second kappa shape index (κ2) is 7.59. The van der Waals surface area contributed by atoms with Crippen LogP contribution >= 0.6 is 11.3 Å². The minimum Gasteiger partial charge on any atom is -0.301 e. The molecule has 3 aromatic rings. The third kappa shape index (κ3) is 4.22. The normalized spacial score (nSPS) is 12.4. The monoisotopic (exact) mass is 439 g/mol. The Balaban J connectivity index is 1.80. The van der Waals surface area contributed by atoms with Crippen molar-refractivity contribution in [2.75, 3.05) is 25.2 Å². The zero-order valence-electron chi connectivity index (χ0n) is 15.0. The zero-order chi connectivity index (χ0) is 20.5. The lowest BCUT2D eigenvalue weighted by atomic mass is 10.3. The molecule has 1 N–H and O–H groups in total. The Kier molecular flexibility index (Phi) is 5.53. The number of hydrogen-bond acceptors (Lipinski definition) is 7. The molecule has 0 unspecified atom stereocenters. The molecular formula is C17H17N3O5S3. The minimum absolute atomic E-state index is 0.0629. The van der Waals surface area contributed by atoms with Gasteiger partial charge in [-0.2, -0.15) is 0 Å². The number of benzene rings is 2. The van der Waals surface area contributed by atoms with Crippen LogP contribution in [0.15, 0.2) is 58.3 Å². The van der Waals surface area contributed by atoms with Gasteiger partial charge < -0.3 is 5.32 Å². The van der Waals surface area contributed by atoms with Crippen molar-refractivity contribution >= 4 is 52.5 Å². The Bertz CT molecular complexity index is 1230. The van der Waals surface area contributed by atoms with Gasteiger partial charge in [-0.15, -0.1) is 0 Å². The molecule has 1 heterocycles. The number of anilines is 1. The number of thiazole rings is 1. The fraction of sp³-hybridized carbons (Fsp3) is 0.176. The molecule has 0 fully saturated rings. The quantitative estimate of drug-likeness (QED) is 0.628. The van der Waals surface area contributed by atoms with E-state index in [1.807, 2.05) is 0 Å². The molecule has 28 heavy (non-hydrogen) atoms. The van der Waals surface area contributed by atoms with Crippen LogP contribution in [0.3, 0.4) is 0 Å². The van der Waals surface area contributed by atoms with Crippen LogP contribution < -0.4 is 5.32 Å². The summed E-state index contributed by atoms with van der Waals surface area (Å²) >= 11 is 1.07. The van der Waals surface area contributed by atoms with Crippen LogP contribution in [0.2, 0.25) is 0 Å². The van der Waals surface area contributed by atoms with Crippen molar-refractivity contribution in [3.8, 4) is 0 Å². The molecule has 0 bridgehead atoms. The Morgan fingerprint density at radius 3 is 2.36 bits per heavy atom. The Morgan fingerprint density at radius 1 is 1.04 bits per heavy atom. The number of fused-ring (bicyclic) bond motifs is 1. The van der Waals surface area contributed by atoms with E-state index in [4.69, 9.17) is 0 Å². The van der Waals surface area contributed by atoms with Crippen LogP contribution in [-0.2, 0) is 24.7 Å². The first-order chi connectivity index (χ1) is 13.1. The van der Waals surface area contributed by atoms with Gasteiger partial charge in [-0.05, 0) is 30.3 Å². The van der Waals surface area contributed by atoms with E-state index in [0.717, 1.165) is 15.6 Å². The number of amides is 1. The maximum absolute atomic E-state index is 12.3. The lowest BCUT2D eigenvalue weighted by Crippen LogP contribution is -2.22. The first-order valence-electron chi connectivity index (χ1n) is 8.00. The van der Waals surface area contributed by atoms with Crippen LogP contribution in [0, 0.1) is 0 Å². The highest BCUT2D eigenvalue weighted by Gasteiger charge is 2.21. The number of carbonyl (C=O) groups excluding carboxylic acids is 1. The Hall–Kier alpha value is -2.34. The summed E-state index contributed by atoms with van der Waals surface area (Å²) in [5.74, 6) is -1.43. The highest BCUT2D eigenvalue weighted by atomic mass is 32.2. The number of nitrogens with one attached hydrogen (secondary N) is 1. The molecular weight excluding hydrogens is 422 g/mol. The lowest BCUT2D eigenvalue weighted by Gasteiger charge is -2.10. The van der Waals surface area contributed by atoms with Gasteiger partial charge in [-0.3, -0.25) is 4.79 Å². The van der Waals surface area contributed by atoms with Crippen LogP contribution in [0.4, 0.5) is 5.13 Å². The van der Waals surface area contributed by atoms with E-state index in [1.54, 1.807) is 24.3 Å². The van der Waals surface area contributed by atoms with Crippen molar-refractivity contribution in [2.45, 2.75) is 9.79 Å². The predicted octanol–water partition coefficient (Wildman–Crippen LogP) is 1.96. The molecule has 0 saturated carbocycles. The molecule has 0 aliphatic carbocycles. The van der Waals surface area contributed by atoms with Gasteiger partial charge in [-0.25, -0.2) is 26.1 Å². The van der Waals surface area contributed by atoms with Gasteiger partial charge in [-0.1, -0.05) is 29.5 Å². The standard InChI is InChI=1S/C17H17N3O5S3/c1-20(2)28(24,25)13-8-9-14-15(10-13)26-17(18-14)19-16(21)11-27(22,23)12-6-4-3-5-7-12/h3-10H,11H2,1-2H3,(H,18,19,21). The van der Waals surface area contributed by atoms with Crippen LogP contribution in [0.1, 0.15) is 0 Å². The van der Waals surface area contributed by atoms with Gasteiger partial charge in [0.05, 0.1) is 20.0 Å². The fourth-order valence-corrected chi connectivity index (χ4v) is 5.45. The number of rotatable bonds is 6. The maximum Gasteiger partial charge on any atom is 0.242 e. The summed E-state index contributed by atoms with van der Waals surface area (Å²) in [7, 11) is -4.49. The number of hydrogen-bond donors (Lipinski definition) is 1. The second-order valence-corrected chi connectivity index (χ2v) is 11.2. The highest BCUT2D eigenvalue weighted by molar-refractivity contribution is 7.92. The molecule has 148 valence electrons. The number of sulfone groups is 1. The van der Waals surface area contributed by atoms with Gasteiger partial charge in [0.2, 0.25) is 15.9 Å². The molecule has 0 radical (unpaired) electrons. The van der Waals surface area contributed by atoms with Crippen molar-refractivity contribution in [1.82, 2.24) is 9.29 Å². The van der Waals surface area contributed by atoms with Gasteiger partial charge in [0.15, 0.2) is 15.0 Å². The highest BCUT2D eigenvalue weighted by Crippen LogP contribution is 2.29. The summed E-state index contributed by atoms with van der Waals surface area (Å²) in [6, 6.07) is 12.1. The summed E-state index contributed by atoms with van der Waals surface area (Å²) in [6.45, 7) is 0. The van der Waals surface area contributed by atoms with Crippen molar-refractivity contribution < 1.29 is 21.6 Å². The first kappa shape index (κ1) is 20.4. The number of aromatic nitrogens is 1. The summed E-state index contributed by atoms with van der Waals surface area (Å²) in [5, 5.41) is 2.66. The van der Waals surface area contributed by atoms with E-state index >= 15 is 0 Å². The summed E-state index contributed by atoms with van der Waals surface area (Å²) < 4.78 is 50.7. The van der Waals surface area contributed by atoms with E-state index in [-0.39, 0.29) is 14.9 Å². The largest absolute Gasteiger partial charge is 0.301 e. The smallest absolute Gasteiger partial charge is 0.242 e. The summed E-state index contributed by atoms with van der Waals surface area (Å²) in [5.41, 5.74) is 0.504. The van der Waals surface area contributed by atoms with Crippen molar-refractivity contribution in [2.24, 2.45) is 0 Å². The second-order valence-electron chi connectivity index (χ2n) is 6.06. The summed E-state index contributed by atoms with van der Waals surface area (Å²) in [4.78, 5) is 16.5. The molecule has 2 aromatic carbocycles. The van der Waals surface area contributed by atoms with Crippen LogP contribution in [0.25, 0.3) is 10.2 Å². The molecule has 11 heteroatoms. The van der Waals surface area contributed by atoms with Crippen molar-refractivity contribution in [1.29, 1.82) is 0 Å². The maximum atomic E-state index is 12.3.